The van der Waals surface area contributed by atoms with Crippen molar-refractivity contribution in [3.05, 3.63) is 54.4 Å². The number of ether oxygens (including phenoxy) is 2. The number of methoxy groups -OCH3 is 2. The molecule has 2 aromatic carbocycles. The van der Waals surface area contributed by atoms with Gasteiger partial charge in [0.1, 0.15) is 12.1 Å². The molecule has 5 heteroatoms. The molecule has 3 rings (SSSR count). The minimum absolute atomic E-state index is 0.747. The summed E-state index contributed by atoms with van der Waals surface area (Å²) in [7, 11) is 5.35. The first-order chi connectivity index (χ1) is 11.7. The van der Waals surface area contributed by atoms with Crippen LogP contribution in [0.3, 0.4) is 0 Å². The van der Waals surface area contributed by atoms with Crippen LogP contribution in [0.15, 0.2) is 48.8 Å². The number of hydrogen-bond donors (Lipinski definition) is 0. The Morgan fingerprint density at radius 1 is 0.958 bits per heavy atom. The molecule has 0 fully saturated rings. The summed E-state index contributed by atoms with van der Waals surface area (Å²) in [5.41, 5.74) is 2.15. The third kappa shape index (κ3) is 3.25. The predicted molar refractivity (Wildman–Crippen MR) is 96.1 cm³/mol. The SMILES string of the molecule is COc1ccc(CCN(C)c2ncnc3ccccc23)cc1OC. The van der Waals surface area contributed by atoms with Crippen molar-refractivity contribution in [2.45, 2.75) is 6.42 Å². The number of rotatable bonds is 6. The smallest absolute Gasteiger partial charge is 0.160 e. The van der Waals surface area contributed by atoms with E-state index in [1.54, 1.807) is 20.5 Å². The second-order valence-electron chi connectivity index (χ2n) is 5.58. The Balaban J connectivity index is 1.76. The summed E-state index contributed by atoms with van der Waals surface area (Å²) in [5.74, 6) is 2.45. The summed E-state index contributed by atoms with van der Waals surface area (Å²) >= 11 is 0. The van der Waals surface area contributed by atoms with Crippen LogP contribution in [0.5, 0.6) is 11.5 Å². The van der Waals surface area contributed by atoms with Gasteiger partial charge >= 0.3 is 0 Å². The van der Waals surface area contributed by atoms with Crippen molar-refractivity contribution in [3.63, 3.8) is 0 Å². The Kier molecular flexibility index (Phi) is 4.79. The Morgan fingerprint density at radius 2 is 1.75 bits per heavy atom. The van der Waals surface area contributed by atoms with Crippen LogP contribution in [0.4, 0.5) is 5.82 Å². The Bertz CT molecular complexity index is 830. The van der Waals surface area contributed by atoms with Crippen molar-refractivity contribution in [2.24, 2.45) is 0 Å². The zero-order chi connectivity index (χ0) is 16.9. The van der Waals surface area contributed by atoms with E-state index in [0.29, 0.717) is 0 Å². The molecule has 0 aliphatic heterocycles. The number of fused-ring (bicyclic) bond motifs is 1. The van der Waals surface area contributed by atoms with Crippen LogP contribution >= 0.6 is 0 Å². The molecule has 0 amide bonds. The number of benzene rings is 2. The molecule has 0 spiro atoms. The largest absolute Gasteiger partial charge is 0.493 e. The van der Waals surface area contributed by atoms with E-state index in [4.69, 9.17) is 9.47 Å². The van der Waals surface area contributed by atoms with E-state index in [9.17, 15) is 0 Å². The van der Waals surface area contributed by atoms with E-state index in [1.165, 1.54) is 5.56 Å². The molecule has 5 nitrogen and oxygen atoms in total. The fourth-order valence-corrected chi connectivity index (χ4v) is 2.73. The van der Waals surface area contributed by atoms with Gasteiger partial charge in [0.15, 0.2) is 11.5 Å². The van der Waals surface area contributed by atoms with Crippen molar-refractivity contribution in [3.8, 4) is 11.5 Å². The molecule has 0 aliphatic carbocycles. The standard InChI is InChI=1S/C19H21N3O2/c1-22(19-15-6-4-5-7-16(15)20-13-21-19)11-10-14-8-9-17(23-2)18(12-14)24-3/h4-9,12-13H,10-11H2,1-3H3. The maximum absolute atomic E-state index is 5.37. The van der Waals surface area contributed by atoms with Crippen LogP contribution < -0.4 is 14.4 Å². The highest BCUT2D eigenvalue weighted by Crippen LogP contribution is 2.28. The highest BCUT2D eigenvalue weighted by molar-refractivity contribution is 5.89. The van der Waals surface area contributed by atoms with Gasteiger partial charge in [0.2, 0.25) is 0 Å². The number of hydrogen-bond acceptors (Lipinski definition) is 5. The highest BCUT2D eigenvalue weighted by Gasteiger charge is 2.09. The Morgan fingerprint density at radius 3 is 2.54 bits per heavy atom. The maximum atomic E-state index is 5.37. The summed E-state index contributed by atoms with van der Waals surface area (Å²) in [6.07, 6.45) is 2.50. The molecular weight excluding hydrogens is 302 g/mol. The third-order valence-corrected chi connectivity index (χ3v) is 4.07. The van der Waals surface area contributed by atoms with E-state index in [0.717, 1.165) is 41.2 Å². The van der Waals surface area contributed by atoms with Gasteiger partial charge in [-0.25, -0.2) is 9.97 Å². The number of aromatic nitrogens is 2. The molecule has 0 N–H and O–H groups in total. The molecule has 1 aromatic heterocycles. The van der Waals surface area contributed by atoms with Crippen LogP contribution in [-0.4, -0.2) is 37.8 Å². The normalized spacial score (nSPS) is 10.6. The van der Waals surface area contributed by atoms with Gasteiger partial charge in [-0.1, -0.05) is 18.2 Å². The molecule has 0 bridgehead atoms. The van der Waals surface area contributed by atoms with Crippen LogP contribution in [0.25, 0.3) is 10.9 Å². The lowest BCUT2D eigenvalue weighted by atomic mass is 10.1. The average Bonchev–Trinajstić information content (AvgIpc) is 2.65. The fourth-order valence-electron chi connectivity index (χ4n) is 2.73. The topological polar surface area (TPSA) is 47.5 Å². The van der Waals surface area contributed by atoms with Gasteiger partial charge in [0, 0.05) is 19.0 Å². The van der Waals surface area contributed by atoms with Gasteiger partial charge in [-0.3, -0.25) is 0 Å². The van der Waals surface area contributed by atoms with Gasteiger partial charge < -0.3 is 14.4 Å². The second kappa shape index (κ2) is 7.17. The first kappa shape index (κ1) is 16.1. The van der Waals surface area contributed by atoms with Gasteiger partial charge in [0.25, 0.3) is 0 Å². The van der Waals surface area contributed by atoms with Gasteiger partial charge in [-0.2, -0.15) is 0 Å². The summed E-state index contributed by atoms with van der Waals surface area (Å²) in [6.45, 7) is 0.844. The molecule has 0 aliphatic rings. The lowest BCUT2D eigenvalue weighted by Gasteiger charge is -2.20. The fraction of sp³-hybridized carbons (Fsp3) is 0.263. The summed E-state index contributed by atoms with van der Waals surface area (Å²) < 4.78 is 10.6. The van der Waals surface area contributed by atoms with Gasteiger partial charge in [-0.15, -0.1) is 0 Å². The van der Waals surface area contributed by atoms with E-state index in [1.807, 2.05) is 30.3 Å². The van der Waals surface area contributed by atoms with Crippen LogP contribution in [0.2, 0.25) is 0 Å². The van der Waals surface area contributed by atoms with Crippen LogP contribution in [0, 0.1) is 0 Å². The van der Waals surface area contributed by atoms with Crippen molar-refractivity contribution < 1.29 is 9.47 Å². The molecule has 0 atom stereocenters. The summed E-state index contributed by atoms with van der Waals surface area (Å²) in [5, 5.41) is 1.06. The average molecular weight is 323 g/mol. The Hall–Kier alpha value is -2.82. The van der Waals surface area contributed by atoms with Crippen molar-refractivity contribution in [1.29, 1.82) is 0 Å². The zero-order valence-electron chi connectivity index (χ0n) is 14.2. The monoisotopic (exact) mass is 323 g/mol. The third-order valence-electron chi connectivity index (χ3n) is 4.07. The molecular formula is C19H21N3O2. The van der Waals surface area contributed by atoms with E-state index < -0.39 is 0 Å². The predicted octanol–water partition coefficient (Wildman–Crippen LogP) is 3.33. The van der Waals surface area contributed by atoms with E-state index in [2.05, 4.69) is 34.0 Å². The van der Waals surface area contributed by atoms with Crippen molar-refractivity contribution in [1.82, 2.24) is 9.97 Å². The molecule has 0 radical (unpaired) electrons. The van der Waals surface area contributed by atoms with Crippen LogP contribution in [-0.2, 0) is 6.42 Å². The molecule has 0 saturated carbocycles. The molecule has 0 saturated heterocycles. The number of para-hydroxylation sites is 1. The van der Waals surface area contributed by atoms with Gasteiger partial charge in [0.05, 0.1) is 19.7 Å². The summed E-state index contributed by atoms with van der Waals surface area (Å²) in [4.78, 5) is 10.9. The van der Waals surface area contributed by atoms with E-state index in [-0.39, 0.29) is 0 Å². The molecule has 24 heavy (non-hydrogen) atoms. The maximum Gasteiger partial charge on any atom is 0.160 e. The highest BCUT2D eigenvalue weighted by atomic mass is 16.5. The van der Waals surface area contributed by atoms with Crippen molar-refractivity contribution in [2.75, 3.05) is 32.7 Å². The lowest BCUT2D eigenvalue weighted by Crippen LogP contribution is -2.21. The lowest BCUT2D eigenvalue weighted by molar-refractivity contribution is 0.354. The minimum atomic E-state index is 0.747. The van der Waals surface area contributed by atoms with Gasteiger partial charge in [-0.05, 0) is 36.2 Å². The summed E-state index contributed by atoms with van der Waals surface area (Å²) in [6, 6.07) is 14.1. The Labute approximate surface area is 141 Å². The number of likely N-dealkylation sites (N-methyl/N-ethyl adjacent to an activating group) is 1. The first-order valence-corrected chi connectivity index (χ1v) is 7.84. The number of nitrogens with zero attached hydrogens (tertiary/aromatic N) is 3. The van der Waals surface area contributed by atoms with Crippen molar-refractivity contribution >= 4 is 16.7 Å². The number of anilines is 1. The molecule has 124 valence electrons. The zero-order valence-corrected chi connectivity index (χ0v) is 14.2. The molecule has 3 aromatic rings. The van der Waals surface area contributed by atoms with E-state index >= 15 is 0 Å². The quantitative estimate of drug-likeness (QED) is 0.696. The first-order valence-electron chi connectivity index (χ1n) is 7.84. The molecule has 0 unspecified atom stereocenters. The minimum Gasteiger partial charge on any atom is -0.493 e. The molecule has 1 heterocycles. The second-order valence-corrected chi connectivity index (χ2v) is 5.58. The van der Waals surface area contributed by atoms with Crippen LogP contribution in [0.1, 0.15) is 5.56 Å².